The summed E-state index contributed by atoms with van der Waals surface area (Å²) in [6, 6.07) is 11.6. The van der Waals surface area contributed by atoms with Crippen molar-refractivity contribution in [1.29, 1.82) is 0 Å². The van der Waals surface area contributed by atoms with Gasteiger partial charge in [0.15, 0.2) is 6.10 Å². The monoisotopic (exact) mass is 420 g/mol. The molecule has 7 heteroatoms. The molecule has 0 fully saturated rings. The number of nitrogens with zero attached hydrogens (tertiary/aromatic N) is 2. The number of likely N-dealkylation sites (N-methyl/N-ethyl adjacent to an activating group) is 1. The fraction of sp³-hybridized carbons (Fsp3) is 0.316. The van der Waals surface area contributed by atoms with E-state index in [-0.39, 0.29) is 17.6 Å². The molecule has 0 spiro atoms. The van der Waals surface area contributed by atoms with Gasteiger partial charge in [0.25, 0.3) is 11.6 Å². The van der Waals surface area contributed by atoms with Crippen LogP contribution in [-0.2, 0) is 4.79 Å². The van der Waals surface area contributed by atoms with E-state index in [0.717, 1.165) is 10.0 Å². The van der Waals surface area contributed by atoms with E-state index in [4.69, 9.17) is 4.74 Å². The topological polar surface area (TPSA) is 72.7 Å². The van der Waals surface area contributed by atoms with Gasteiger partial charge < -0.3 is 9.64 Å². The van der Waals surface area contributed by atoms with E-state index in [0.29, 0.717) is 11.3 Å². The van der Waals surface area contributed by atoms with Gasteiger partial charge in [0.05, 0.1) is 15.4 Å². The van der Waals surface area contributed by atoms with Gasteiger partial charge in [0, 0.05) is 19.2 Å². The maximum Gasteiger partial charge on any atom is 0.269 e. The van der Waals surface area contributed by atoms with E-state index in [1.807, 2.05) is 32.0 Å². The Morgan fingerprint density at radius 3 is 2.54 bits per heavy atom. The molecule has 1 amide bonds. The molecule has 0 radical (unpaired) electrons. The van der Waals surface area contributed by atoms with E-state index >= 15 is 0 Å². The summed E-state index contributed by atoms with van der Waals surface area (Å²) >= 11 is 3.44. The summed E-state index contributed by atoms with van der Waals surface area (Å²) in [5, 5.41) is 10.9. The van der Waals surface area contributed by atoms with Crippen LogP contribution in [0.5, 0.6) is 5.75 Å². The Hall–Kier alpha value is -2.41. The third kappa shape index (κ3) is 4.60. The van der Waals surface area contributed by atoms with Crippen LogP contribution in [0.25, 0.3) is 0 Å². The zero-order chi connectivity index (χ0) is 19.4. The Bertz CT molecular complexity index is 825. The second-order valence-electron chi connectivity index (χ2n) is 6.17. The molecule has 0 aliphatic heterocycles. The Morgan fingerprint density at radius 2 is 1.92 bits per heavy atom. The van der Waals surface area contributed by atoms with Gasteiger partial charge in [-0.1, -0.05) is 18.2 Å². The van der Waals surface area contributed by atoms with E-state index in [9.17, 15) is 14.9 Å². The van der Waals surface area contributed by atoms with Crippen molar-refractivity contribution < 1.29 is 14.5 Å². The third-order valence-electron chi connectivity index (χ3n) is 4.23. The first-order valence-electron chi connectivity index (χ1n) is 8.14. The van der Waals surface area contributed by atoms with Gasteiger partial charge >= 0.3 is 0 Å². The van der Waals surface area contributed by atoms with E-state index in [1.165, 1.54) is 17.0 Å². The lowest BCUT2D eigenvalue weighted by Crippen LogP contribution is -2.39. The lowest BCUT2D eigenvalue weighted by Gasteiger charge is -2.28. The number of halogens is 1. The lowest BCUT2D eigenvalue weighted by molar-refractivity contribution is -0.384. The van der Waals surface area contributed by atoms with Crippen LogP contribution in [0.3, 0.4) is 0 Å². The van der Waals surface area contributed by atoms with Crippen molar-refractivity contribution in [3.63, 3.8) is 0 Å². The molecule has 26 heavy (non-hydrogen) atoms. The van der Waals surface area contributed by atoms with Crippen molar-refractivity contribution in [2.75, 3.05) is 7.05 Å². The van der Waals surface area contributed by atoms with Gasteiger partial charge in [0.1, 0.15) is 5.75 Å². The van der Waals surface area contributed by atoms with Crippen LogP contribution in [0.1, 0.15) is 31.0 Å². The van der Waals surface area contributed by atoms with E-state index < -0.39 is 11.0 Å². The quantitative estimate of drug-likeness (QED) is 0.503. The van der Waals surface area contributed by atoms with Crippen molar-refractivity contribution in [1.82, 2.24) is 4.90 Å². The number of nitro benzene ring substituents is 1. The highest BCUT2D eigenvalue weighted by Crippen LogP contribution is 2.28. The normalized spacial score (nSPS) is 13.0. The maximum atomic E-state index is 12.7. The average Bonchev–Trinajstić information content (AvgIpc) is 2.62. The summed E-state index contributed by atoms with van der Waals surface area (Å²) in [5.41, 5.74) is 1.78. The van der Waals surface area contributed by atoms with Crippen molar-refractivity contribution in [3.05, 3.63) is 68.2 Å². The zero-order valence-corrected chi connectivity index (χ0v) is 16.7. The summed E-state index contributed by atoms with van der Waals surface area (Å²) < 4.78 is 6.57. The zero-order valence-electron chi connectivity index (χ0n) is 15.1. The molecule has 2 unspecified atom stereocenters. The molecule has 0 heterocycles. The number of carbonyl (C=O) groups is 1. The third-order valence-corrected chi connectivity index (χ3v) is 4.85. The minimum absolute atomic E-state index is 0.00286. The summed E-state index contributed by atoms with van der Waals surface area (Å²) in [6.07, 6.45) is -0.694. The molecule has 138 valence electrons. The Kier molecular flexibility index (Phi) is 6.37. The Labute approximate surface area is 161 Å². The van der Waals surface area contributed by atoms with Crippen LogP contribution in [0, 0.1) is 17.0 Å². The van der Waals surface area contributed by atoms with Crippen LogP contribution in [0.4, 0.5) is 5.69 Å². The first kappa shape index (κ1) is 19.9. The second-order valence-corrected chi connectivity index (χ2v) is 7.03. The minimum Gasteiger partial charge on any atom is -0.480 e. The second kappa shape index (κ2) is 8.31. The molecule has 0 N–H and O–H groups in total. The van der Waals surface area contributed by atoms with Crippen LogP contribution in [-0.4, -0.2) is 28.9 Å². The largest absolute Gasteiger partial charge is 0.480 e. The molecule has 0 bridgehead atoms. The molecule has 2 rings (SSSR count). The van der Waals surface area contributed by atoms with E-state index in [1.54, 1.807) is 26.1 Å². The summed E-state index contributed by atoms with van der Waals surface area (Å²) in [6.45, 7) is 5.48. The molecule has 2 aromatic rings. The fourth-order valence-corrected chi connectivity index (χ4v) is 3.13. The molecular weight excluding hydrogens is 400 g/mol. The molecule has 0 aromatic heterocycles. The first-order valence-corrected chi connectivity index (χ1v) is 8.94. The number of ether oxygens (including phenoxy) is 1. The fourth-order valence-electron chi connectivity index (χ4n) is 2.54. The average molecular weight is 421 g/mol. The number of rotatable bonds is 6. The number of non-ortho nitro benzene ring substituents is 1. The van der Waals surface area contributed by atoms with Crippen LogP contribution in [0.15, 0.2) is 46.9 Å². The van der Waals surface area contributed by atoms with Gasteiger partial charge in [-0.15, -0.1) is 0 Å². The SMILES string of the molecule is Cc1ccc(OC(C)C(=O)N(C)C(C)c2cccc([N+](=O)[O-])c2)c(Br)c1. The Balaban J connectivity index is 2.12. The highest BCUT2D eigenvalue weighted by Gasteiger charge is 2.25. The number of hydrogen-bond donors (Lipinski definition) is 0. The number of aryl methyl sites for hydroxylation is 1. The lowest BCUT2D eigenvalue weighted by atomic mass is 10.1. The smallest absolute Gasteiger partial charge is 0.269 e. The van der Waals surface area contributed by atoms with Gasteiger partial charge in [-0.3, -0.25) is 14.9 Å². The molecule has 0 aliphatic rings. The summed E-state index contributed by atoms with van der Waals surface area (Å²) in [5.74, 6) is 0.379. The maximum absolute atomic E-state index is 12.7. The van der Waals surface area contributed by atoms with Crippen molar-refractivity contribution in [2.24, 2.45) is 0 Å². The van der Waals surface area contributed by atoms with Gasteiger partial charge in [-0.05, 0) is 60.0 Å². The molecule has 0 saturated carbocycles. The van der Waals surface area contributed by atoms with Crippen molar-refractivity contribution in [2.45, 2.75) is 32.9 Å². The molecule has 6 nitrogen and oxygen atoms in total. The van der Waals surface area contributed by atoms with Gasteiger partial charge in [-0.2, -0.15) is 0 Å². The van der Waals surface area contributed by atoms with Gasteiger partial charge in [-0.25, -0.2) is 0 Å². The molecule has 2 aromatic carbocycles. The Morgan fingerprint density at radius 1 is 1.23 bits per heavy atom. The van der Waals surface area contributed by atoms with Crippen molar-refractivity contribution >= 4 is 27.5 Å². The van der Waals surface area contributed by atoms with Crippen LogP contribution in [0.2, 0.25) is 0 Å². The van der Waals surface area contributed by atoms with Gasteiger partial charge in [0.2, 0.25) is 0 Å². The highest BCUT2D eigenvalue weighted by molar-refractivity contribution is 9.10. The predicted molar refractivity (Wildman–Crippen MR) is 103 cm³/mol. The van der Waals surface area contributed by atoms with Crippen molar-refractivity contribution in [3.8, 4) is 5.75 Å². The number of hydrogen-bond acceptors (Lipinski definition) is 4. The standard InChI is InChI=1S/C19H21BrN2O4/c1-12-8-9-18(17(20)10-12)26-14(3)19(23)21(4)13(2)15-6-5-7-16(11-15)22(24)25/h5-11,13-14H,1-4H3. The van der Waals surface area contributed by atoms with Crippen LogP contribution < -0.4 is 4.74 Å². The van der Waals surface area contributed by atoms with E-state index in [2.05, 4.69) is 15.9 Å². The molecule has 0 aliphatic carbocycles. The molecule has 0 saturated heterocycles. The number of benzene rings is 2. The summed E-state index contributed by atoms with van der Waals surface area (Å²) in [4.78, 5) is 24.7. The molecular formula is C19H21BrN2O4. The first-order chi connectivity index (χ1) is 12.2. The number of carbonyl (C=O) groups excluding carboxylic acids is 1. The summed E-state index contributed by atoms with van der Waals surface area (Å²) in [7, 11) is 1.66. The number of amides is 1. The molecule has 2 atom stereocenters. The highest BCUT2D eigenvalue weighted by atomic mass is 79.9. The number of nitro groups is 1. The minimum atomic E-state index is -0.694. The van der Waals surface area contributed by atoms with Crippen LogP contribution >= 0.6 is 15.9 Å². The predicted octanol–water partition coefficient (Wildman–Crippen LogP) is 4.65.